The number of rotatable bonds is 2. The fourth-order valence-electron chi connectivity index (χ4n) is 0.798. The summed E-state index contributed by atoms with van der Waals surface area (Å²) in [5.41, 5.74) is 5.61. The van der Waals surface area contributed by atoms with Gasteiger partial charge in [0, 0.05) is 18.1 Å². The van der Waals surface area contributed by atoms with Crippen LogP contribution in [0.4, 0.5) is 0 Å². The highest BCUT2D eigenvalue weighted by Gasteiger charge is 2.11. The standard InChI is InChI=1S/C7H18N2/c1-6(5-8)9-7(2,3)4/h6,9H,5,8H2,1-4H3. The van der Waals surface area contributed by atoms with E-state index >= 15 is 0 Å². The highest BCUT2D eigenvalue weighted by molar-refractivity contribution is 4.75. The van der Waals surface area contributed by atoms with Crippen LogP contribution in [0.1, 0.15) is 27.7 Å². The van der Waals surface area contributed by atoms with Crippen molar-refractivity contribution in [3.05, 3.63) is 0 Å². The lowest BCUT2D eigenvalue weighted by atomic mass is 10.1. The zero-order valence-corrected chi connectivity index (χ0v) is 6.86. The molecule has 1 atom stereocenters. The van der Waals surface area contributed by atoms with E-state index in [1.165, 1.54) is 0 Å². The second kappa shape index (κ2) is 3.18. The zero-order chi connectivity index (χ0) is 7.49. The van der Waals surface area contributed by atoms with Gasteiger partial charge in [-0.3, -0.25) is 0 Å². The summed E-state index contributed by atoms with van der Waals surface area (Å²) in [7, 11) is 0. The summed E-state index contributed by atoms with van der Waals surface area (Å²) in [5, 5.41) is 3.34. The molecule has 3 N–H and O–H groups in total. The molecule has 0 heterocycles. The Morgan fingerprint density at radius 3 is 2.00 bits per heavy atom. The minimum Gasteiger partial charge on any atom is -0.329 e. The van der Waals surface area contributed by atoms with E-state index in [9.17, 15) is 0 Å². The third-order valence-corrected chi connectivity index (χ3v) is 1.03. The van der Waals surface area contributed by atoms with Crippen LogP contribution in [0.2, 0.25) is 0 Å². The van der Waals surface area contributed by atoms with E-state index in [4.69, 9.17) is 5.73 Å². The van der Waals surface area contributed by atoms with Crippen molar-refractivity contribution in [3.8, 4) is 0 Å². The van der Waals surface area contributed by atoms with Crippen molar-refractivity contribution in [1.29, 1.82) is 0 Å². The van der Waals surface area contributed by atoms with Crippen LogP contribution in [0.3, 0.4) is 0 Å². The molecule has 0 aliphatic heterocycles. The quantitative estimate of drug-likeness (QED) is 0.578. The molecule has 1 unspecified atom stereocenters. The first kappa shape index (κ1) is 8.92. The van der Waals surface area contributed by atoms with E-state index in [-0.39, 0.29) is 5.54 Å². The Kier molecular flexibility index (Phi) is 3.15. The molecule has 0 aromatic heterocycles. The van der Waals surface area contributed by atoms with Gasteiger partial charge in [-0.2, -0.15) is 0 Å². The van der Waals surface area contributed by atoms with Crippen LogP contribution in [0.25, 0.3) is 0 Å². The predicted octanol–water partition coefficient (Wildman–Crippen LogP) is 0.722. The van der Waals surface area contributed by atoms with Gasteiger partial charge in [-0.25, -0.2) is 0 Å². The topological polar surface area (TPSA) is 38.0 Å². The van der Waals surface area contributed by atoms with Crippen molar-refractivity contribution >= 4 is 0 Å². The highest BCUT2D eigenvalue weighted by atomic mass is 15.0. The summed E-state index contributed by atoms with van der Waals surface area (Å²) in [4.78, 5) is 0. The average molecular weight is 130 g/mol. The minimum absolute atomic E-state index is 0.193. The van der Waals surface area contributed by atoms with Crippen molar-refractivity contribution in [2.75, 3.05) is 6.54 Å². The Morgan fingerprint density at radius 2 is 1.89 bits per heavy atom. The van der Waals surface area contributed by atoms with E-state index in [2.05, 4.69) is 33.0 Å². The molecule has 0 aromatic carbocycles. The Bertz CT molecular complexity index is 73.5. The molecular weight excluding hydrogens is 112 g/mol. The van der Waals surface area contributed by atoms with Crippen molar-refractivity contribution in [3.63, 3.8) is 0 Å². The molecule has 0 saturated heterocycles. The van der Waals surface area contributed by atoms with Crippen molar-refractivity contribution in [1.82, 2.24) is 5.32 Å². The first-order valence-corrected chi connectivity index (χ1v) is 3.43. The van der Waals surface area contributed by atoms with Gasteiger partial charge in [0.05, 0.1) is 0 Å². The lowest BCUT2D eigenvalue weighted by molar-refractivity contribution is 0.376. The normalized spacial score (nSPS) is 15.7. The summed E-state index contributed by atoms with van der Waals surface area (Å²) >= 11 is 0. The third kappa shape index (κ3) is 5.80. The predicted molar refractivity (Wildman–Crippen MR) is 41.4 cm³/mol. The van der Waals surface area contributed by atoms with Crippen LogP contribution in [0, 0.1) is 0 Å². The van der Waals surface area contributed by atoms with Crippen LogP contribution in [0.5, 0.6) is 0 Å². The molecule has 0 aliphatic rings. The van der Waals surface area contributed by atoms with Crippen LogP contribution >= 0.6 is 0 Å². The first-order valence-electron chi connectivity index (χ1n) is 3.43. The van der Waals surface area contributed by atoms with Gasteiger partial charge < -0.3 is 11.1 Å². The van der Waals surface area contributed by atoms with E-state index in [0.29, 0.717) is 12.6 Å². The van der Waals surface area contributed by atoms with Crippen LogP contribution in [-0.4, -0.2) is 18.1 Å². The van der Waals surface area contributed by atoms with Gasteiger partial charge >= 0.3 is 0 Å². The number of hydrogen-bond acceptors (Lipinski definition) is 2. The third-order valence-electron chi connectivity index (χ3n) is 1.03. The lowest BCUT2D eigenvalue weighted by Crippen LogP contribution is -2.45. The number of nitrogens with one attached hydrogen (secondary N) is 1. The summed E-state index contributed by atoms with van der Waals surface area (Å²) in [6, 6.07) is 0.421. The van der Waals surface area contributed by atoms with Gasteiger partial charge in [0.25, 0.3) is 0 Å². The minimum atomic E-state index is 0.193. The molecule has 0 aromatic rings. The van der Waals surface area contributed by atoms with Crippen molar-refractivity contribution in [2.45, 2.75) is 39.3 Å². The van der Waals surface area contributed by atoms with Gasteiger partial charge in [0.2, 0.25) is 0 Å². The number of nitrogens with two attached hydrogens (primary N) is 1. The second-order valence-electron chi connectivity index (χ2n) is 3.53. The molecule has 0 amide bonds. The SMILES string of the molecule is CC(CN)NC(C)(C)C. The monoisotopic (exact) mass is 130 g/mol. The smallest absolute Gasteiger partial charge is 0.0166 e. The Balaban J connectivity index is 3.47. The van der Waals surface area contributed by atoms with Crippen molar-refractivity contribution < 1.29 is 0 Å². The van der Waals surface area contributed by atoms with Gasteiger partial charge in [-0.1, -0.05) is 0 Å². The van der Waals surface area contributed by atoms with Gasteiger partial charge in [0.1, 0.15) is 0 Å². The molecule has 0 bridgehead atoms. The molecule has 0 fully saturated rings. The van der Waals surface area contributed by atoms with Gasteiger partial charge in [-0.05, 0) is 27.7 Å². The largest absolute Gasteiger partial charge is 0.329 e. The summed E-state index contributed by atoms with van der Waals surface area (Å²) in [5.74, 6) is 0. The second-order valence-corrected chi connectivity index (χ2v) is 3.53. The van der Waals surface area contributed by atoms with Crippen LogP contribution in [0.15, 0.2) is 0 Å². The van der Waals surface area contributed by atoms with Crippen LogP contribution < -0.4 is 11.1 Å². The van der Waals surface area contributed by atoms with E-state index < -0.39 is 0 Å². The maximum atomic E-state index is 5.42. The molecule has 9 heavy (non-hydrogen) atoms. The molecule has 2 nitrogen and oxygen atoms in total. The summed E-state index contributed by atoms with van der Waals surface area (Å²) in [6.45, 7) is 9.21. The molecule has 0 radical (unpaired) electrons. The Labute approximate surface area is 57.8 Å². The zero-order valence-electron chi connectivity index (χ0n) is 6.86. The van der Waals surface area contributed by atoms with Crippen LogP contribution in [-0.2, 0) is 0 Å². The molecule has 0 rings (SSSR count). The summed E-state index contributed by atoms with van der Waals surface area (Å²) < 4.78 is 0. The molecule has 56 valence electrons. The highest BCUT2D eigenvalue weighted by Crippen LogP contribution is 1.99. The average Bonchev–Trinajstić information content (AvgIpc) is 1.62. The maximum Gasteiger partial charge on any atom is 0.0166 e. The molecule has 0 saturated carbocycles. The molecular formula is C7H18N2. The Morgan fingerprint density at radius 1 is 1.44 bits per heavy atom. The first-order chi connectivity index (χ1) is 3.95. The fourth-order valence-corrected chi connectivity index (χ4v) is 0.798. The van der Waals surface area contributed by atoms with E-state index in [1.807, 2.05) is 0 Å². The van der Waals surface area contributed by atoms with Crippen molar-refractivity contribution in [2.24, 2.45) is 5.73 Å². The molecule has 0 aliphatic carbocycles. The summed E-state index contributed by atoms with van der Waals surface area (Å²) in [6.07, 6.45) is 0. The van der Waals surface area contributed by atoms with Gasteiger partial charge in [-0.15, -0.1) is 0 Å². The van der Waals surface area contributed by atoms with E-state index in [1.54, 1.807) is 0 Å². The number of hydrogen-bond donors (Lipinski definition) is 2. The van der Waals surface area contributed by atoms with Gasteiger partial charge in [0.15, 0.2) is 0 Å². The molecule has 2 heteroatoms. The lowest BCUT2D eigenvalue weighted by Gasteiger charge is -2.24. The molecule has 0 spiro atoms. The van der Waals surface area contributed by atoms with E-state index in [0.717, 1.165) is 0 Å². The Hall–Kier alpha value is -0.0800. The fraction of sp³-hybridized carbons (Fsp3) is 1.00. The maximum absolute atomic E-state index is 5.42.